The molecule has 0 aliphatic rings. The van der Waals surface area contributed by atoms with Crippen LogP contribution in [0.5, 0.6) is 0 Å². The highest BCUT2D eigenvalue weighted by molar-refractivity contribution is 7.99. The van der Waals surface area contributed by atoms with Crippen LogP contribution < -0.4 is 5.32 Å². The molecule has 0 aliphatic carbocycles. The van der Waals surface area contributed by atoms with Gasteiger partial charge in [-0.1, -0.05) is 20.8 Å². The normalized spacial score (nSPS) is 13.8. The van der Waals surface area contributed by atoms with Crippen LogP contribution in [0.15, 0.2) is 0 Å². The Morgan fingerprint density at radius 2 is 2.07 bits per heavy atom. The zero-order valence-electron chi connectivity index (χ0n) is 9.46. The molecule has 2 N–H and O–H groups in total. The molecule has 1 amide bonds. The molecule has 0 spiro atoms. The fourth-order valence-corrected chi connectivity index (χ4v) is 1.56. The first kappa shape index (κ1) is 13.8. The summed E-state index contributed by atoms with van der Waals surface area (Å²) >= 11 is 1.51. The van der Waals surface area contributed by atoms with Crippen molar-refractivity contribution in [1.82, 2.24) is 5.32 Å². The maximum atomic E-state index is 11.4. The topological polar surface area (TPSA) is 49.3 Å². The van der Waals surface area contributed by atoms with Crippen LogP contribution >= 0.6 is 11.8 Å². The quantitative estimate of drug-likeness (QED) is 0.732. The van der Waals surface area contributed by atoms with Crippen LogP contribution in [-0.4, -0.2) is 35.7 Å². The first-order valence-electron chi connectivity index (χ1n) is 4.81. The van der Waals surface area contributed by atoms with Crippen LogP contribution in [0.1, 0.15) is 27.2 Å². The molecule has 0 radical (unpaired) electrons. The molecule has 0 aromatic rings. The van der Waals surface area contributed by atoms with E-state index in [4.69, 9.17) is 5.11 Å². The number of carbonyl (C=O) groups is 1. The van der Waals surface area contributed by atoms with E-state index in [1.54, 1.807) is 0 Å². The predicted octanol–water partition coefficient (Wildman–Crippen LogP) is 1.26. The van der Waals surface area contributed by atoms with Crippen LogP contribution in [0.4, 0.5) is 0 Å². The molecule has 0 saturated heterocycles. The fraction of sp³-hybridized carbons (Fsp3) is 0.900. The number of hydrogen-bond donors (Lipinski definition) is 2. The van der Waals surface area contributed by atoms with Crippen molar-refractivity contribution in [2.75, 3.05) is 18.6 Å². The van der Waals surface area contributed by atoms with Gasteiger partial charge in [0.2, 0.25) is 5.91 Å². The summed E-state index contributed by atoms with van der Waals surface area (Å²) in [6.07, 6.45) is 2.52. The van der Waals surface area contributed by atoms with Crippen molar-refractivity contribution in [3.8, 4) is 0 Å². The Bertz CT molecular complexity index is 177. The zero-order chi connectivity index (χ0) is 11.2. The zero-order valence-corrected chi connectivity index (χ0v) is 10.3. The number of amides is 1. The van der Waals surface area contributed by atoms with Gasteiger partial charge < -0.3 is 10.4 Å². The van der Waals surface area contributed by atoms with Gasteiger partial charge in [-0.25, -0.2) is 0 Å². The Kier molecular flexibility index (Phi) is 6.20. The summed E-state index contributed by atoms with van der Waals surface area (Å²) in [4.78, 5) is 11.4. The van der Waals surface area contributed by atoms with Gasteiger partial charge in [-0.05, 0) is 18.1 Å². The predicted molar refractivity (Wildman–Crippen MR) is 61.5 cm³/mol. The first-order valence-corrected chi connectivity index (χ1v) is 6.20. The second-order valence-corrected chi connectivity index (χ2v) is 5.30. The van der Waals surface area contributed by atoms with E-state index in [9.17, 15) is 4.79 Å². The Balaban J connectivity index is 4.16. The van der Waals surface area contributed by atoms with E-state index >= 15 is 0 Å². The van der Waals surface area contributed by atoms with Crippen molar-refractivity contribution >= 4 is 17.7 Å². The molecule has 0 bridgehead atoms. The number of hydrogen-bond acceptors (Lipinski definition) is 3. The van der Waals surface area contributed by atoms with Crippen molar-refractivity contribution in [3.63, 3.8) is 0 Å². The molecule has 0 fully saturated rings. The summed E-state index contributed by atoms with van der Waals surface area (Å²) in [6, 6.07) is 0.0483. The molecule has 3 nitrogen and oxygen atoms in total. The fourth-order valence-electron chi connectivity index (χ4n) is 1.22. The molecule has 0 aliphatic heterocycles. The number of nitrogens with one attached hydrogen (secondary N) is 1. The van der Waals surface area contributed by atoms with Crippen LogP contribution in [0.3, 0.4) is 0 Å². The average Bonchev–Trinajstić information content (AvgIpc) is 2.02. The number of thioether (sulfide) groups is 1. The molecular weight excluding hydrogens is 198 g/mol. The van der Waals surface area contributed by atoms with Crippen LogP contribution in [0.25, 0.3) is 0 Å². The highest BCUT2D eigenvalue weighted by atomic mass is 32.2. The second-order valence-electron chi connectivity index (χ2n) is 4.43. The third-order valence-electron chi connectivity index (χ3n) is 2.07. The lowest BCUT2D eigenvalue weighted by Crippen LogP contribution is -2.44. The van der Waals surface area contributed by atoms with E-state index in [1.165, 1.54) is 11.8 Å². The van der Waals surface area contributed by atoms with Gasteiger partial charge in [0.05, 0.1) is 5.75 Å². The molecule has 0 saturated carbocycles. The van der Waals surface area contributed by atoms with Gasteiger partial charge in [-0.2, -0.15) is 11.8 Å². The smallest absolute Gasteiger partial charge is 0.230 e. The molecule has 1 unspecified atom stereocenters. The average molecular weight is 219 g/mol. The Hall–Kier alpha value is -0.220. The molecule has 4 heteroatoms. The van der Waals surface area contributed by atoms with Crippen molar-refractivity contribution in [2.24, 2.45) is 5.41 Å². The minimum atomic E-state index is -0.00318. The standard InChI is InChI=1S/C10H21NO2S/c1-10(2,3)8(5-6-12)11-9(13)7-14-4/h8,12H,5-7H2,1-4H3,(H,11,13). The van der Waals surface area contributed by atoms with Gasteiger partial charge in [0.15, 0.2) is 0 Å². The molecule has 1 atom stereocenters. The van der Waals surface area contributed by atoms with E-state index in [1.807, 2.05) is 6.26 Å². The summed E-state index contributed by atoms with van der Waals surface area (Å²) in [6.45, 7) is 6.30. The maximum Gasteiger partial charge on any atom is 0.230 e. The lowest BCUT2D eigenvalue weighted by atomic mass is 9.85. The van der Waals surface area contributed by atoms with E-state index in [2.05, 4.69) is 26.1 Å². The van der Waals surface area contributed by atoms with E-state index in [0.717, 1.165) is 0 Å². The minimum absolute atomic E-state index is 0.00318. The SMILES string of the molecule is CSCC(=O)NC(CCO)C(C)(C)C. The van der Waals surface area contributed by atoms with E-state index in [0.29, 0.717) is 12.2 Å². The molecule has 14 heavy (non-hydrogen) atoms. The Morgan fingerprint density at radius 3 is 2.43 bits per heavy atom. The Labute approximate surface area is 90.7 Å². The summed E-state index contributed by atoms with van der Waals surface area (Å²) < 4.78 is 0. The summed E-state index contributed by atoms with van der Waals surface area (Å²) in [5.41, 5.74) is -0.00318. The number of carbonyl (C=O) groups excluding carboxylic acids is 1. The van der Waals surface area contributed by atoms with E-state index in [-0.39, 0.29) is 24.0 Å². The van der Waals surface area contributed by atoms with Crippen molar-refractivity contribution < 1.29 is 9.90 Å². The van der Waals surface area contributed by atoms with Gasteiger partial charge in [0.1, 0.15) is 0 Å². The summed E-state index contributed by atoms with van der Waals surface area (Å²) in [7, 11) is 0. The number of aliphatic hydroxyl groups is 1. The third kappa shape index (κ3) is 5.50. The molecule has 0 rings (SSSR count). The van der Waals surface area contributed by atoms with Crippen molar-refractivity contribution in [3.05, 3.63) is 0 Å². The molecule has 0 aromatic carbocycles. The molecule has 84 valence electrons. The van der Waals surface area contributed by atoms with Crippen molar-refractivity contribution in [2.45, 2.75) is 33.2 Å². The Morgan fingerprint density at radius 1 is 1.50 bits per heavy atom. The highest BCUT2D eigenvalue weighted by Crippen LogP contribution is 2.21. The van der Waals surface area contributed by atoms with Crippen LogP contribution in [-0.2, 0) is 4.79 Å². The molecule has 0 aromatic heterocycles. The van der Waals surface area contributed by atoms with Gasteiger partial charge in [-0.15, -0.1) is 0 Å². The van der Waals surface area contributed by atoms with Gasteiger partial charge in [0, 0.05) is 12.6 Å². The largest absolute Gasteiger partial charge is 0.396 e. The van der Waals surface area contributed by atoms with Gasteiger partial charge >= 0.3 is 0 Å². The molecular formula is C10H21NO2S. The monoisotopic (exact) mass is 219 g/mol. The molecule has 0 heterocycles. The van der Waals surface area contributed by atoms with Crippen molar-refractivity contribution in [1.29, 1.82) is 0 Å². The number of aliphatic hydroxyl groups excluding tert-OH is 1. The van der Waals surface area contributed by atoms with Gasteiger partial charge in [0.25, 0.3) is 0 Å². The highest BCUT2D eigenvalue weighted by Gasteiger charge is 2.25. The number of rotatable bonds is 5. The minimum Gasteiger partial charge on any atom is -0.396 e. The van der Waals surface area contributed by atoms with Crippen LogP contribution in [0, 0.1) is 5.41 Å². The van der Waals surface area contributed by atoms with Crippen LogP contribution in [0.2, 0.25) is 0 Å². The maximum absolute atomic E-state index is 11.4. The van der Waals surface area contributed by atoms with E-state index < -0.39 is 0 Å². The first-order chi connectivity index (χ1) is 6.41. The summed E-state index contributed by atoms with van der Waals surface area (Å²) in [5, 5.41) is 11.8. The lowest BCUT2D eigenvalue weighted by molar-refractivity contribution is -0.120. The lowest BCUT2D eigenvalue weighted by Gasteiger charge is -2.31. The second kappa shape index (κ2) is 6.30. The summed E-state index contributed by atoms with van der Waals surface area (Å²) in [5.74, 6) is 0.531. The van der Waals surface area contributed by atoms with Gasteiger partial charge in [-0.3, -0.25) is 4.79 Å². The third-order valence-corrected chi connectivity index (χ3v) is 2.62.